The maximum atomic E-state index is 12.2. The Hall–Kier alpha value is -1.70. The molecule has 0 aromatic heterocycles. The number of rotatable bonds is 4. The third-order valence-corrected chi connectivity index (χ3v) is 3.53. The monoisotopic (exact) mass is 319 g/mol. The number of alkyl halides is 3. The Bertz CT molecular complexity index is 530. The number of ether oxygens (including phenoxy) is 1. The Labute approximate surface area is 123 Å². The summed E-state index contributed by atoms with van der Waals surface area (Å²) in [5.41, 5.74) is -3.76. The van der Waals surface area contributed by atoms with Crippen molar-refractivity contribution in [2.45, 2.75) is 29.3 Å². The van der Waals surface area contributed by atoms with E-state index in [9.17, 15) is 22.8 Å². The molecule has 0 saturated carbocycles. The molecule has 1 N–H and O–H groups in total. The zero-order valence-corrected chi connectivity index (χ0v) is 11.6. The molecule has 1 fully saturated rings. The minimum atomic E-state index is -4.33. The van der Waals surface area contributed by atoms with E-state index in [1.165, 1.54) is 24.3 Å². The number of hydrogen-bond donors (Lipinski definition) is 1. The first kappa shape index (κ1) is 15.7. The number of halogens is 3. The lowest BCUT2D eigenvalue weighted by molar-refractivity contribution is -0.141. The fourth-order valence-corrected chi connectivity index (χ4v) is 2.41. The average molecular weight is 319 g/mol. The largest absolute Gasteiger partial charge is 0.464 e. The summed E-state index contributed by atoms with van der Waals surface area (Å²) in [6.45, 7) is 0.285. The molecule has 4 nitrogen and oxygen atoms in total. The van der Waals surface area contributed by atoms with E-state index in [4.69, 9.17) is 4.74 Å². The summed E-state index contributed by atoms with van der Waals surface area (Å²) in [4.78, 5) is 23.0. The standard InChI is InChI=1S/C13H12F3NO3S/c14-13(15,16)21-9-3-1-8(2-4-9)7-11(18)17-10-5-6-20-12(10)19/h1-4,10H,5-7H2,(H,17,18)/t10-/m1/s1. The van der Waals surface area contributed by atoms with Crippen LogP contribution in [0.15, 0.2) is 29.2 Å². The highest BCUT2D eigenvalue weighted by atomic mass is 32.2. The summed E-state index contributed by atoms with van der Waals surface area (Å²) in [6.07, 6.45) is 0.437. The Morgan fingerprint density at radius 3 is 2.52 bits per heavy atom. The lowest BCUT2D eigenvalue weighted by Gasteiger charge is -2.09. The summed E-state index contributed by atoms with van der Waals surface area (Å²) in [5.74, 6) is -0.824. The van der Waals surface area contributed by atoms with Gasteiger partial charge in [0.15, 0.2) is 0 Å². The third kappa shape index (κ3) is 4.96. The first-order valence-corrected chi connectivity index (χ1v) is 6.96. The smallest absolute Gasteiger partial charge is 0.446 e. The highest BCUT2D eigenvalue weighted by Crippen LogP contribution is 2.36. The first-order chi connectivity index (χ1) is 9.83. The highest BCUT2D eigenvalue weighted by molar-refractivity contribution is 8.00. The van der Waals surface area contributed by atoms with Gasteiger partial charge in [0.2, 0.25) is 5.91 Å². The Morgan fingerprint density at radius 2 is 2.00 bits per heavy atom. The van der Waals surface area contributed by atoms with E-state index in [-0.39, 0.29) is 35.6 Å². The number of esters is 1. The van der Waals surface area contributed by atoms with Crippen molar-refractivity contribution < 1.29 is 27.5 Å². The van der Waals surface area contributed by atoms with Crippen LogP contribution in [0, 0.1) is 0 Å². The van der Waals surface area contributed by atoms with E-state index >= 15 is 0 Å². The van der Waals surface area contributed by atoms with E-state index in [1.54, 1.807) is 0 Å². The lowest BCUT2D eigenvalue weighted by atomic mass is 10.1. The van der Waals surface area contributed by atoms with Crippen LogP contribution < -0.4 is 5.32 Å². The van der Waals surface area contributed by atoms with Crippen LogP contribution in [0.4, 0.5) is 13.2 Å². The molecule has 1 aromatic rings. The van der Waals surface area contributed by atoms with Crippen LogP contribution in [0.2, 0.25) is 0 Å². The van der Waals surface area contributed by atoms with Crippen molar-refractivity contribution in [3.05, 3.63) is 29.8 Å². The molecule has 1 saturated heterocycles. The van der Waals surface area contributed by atoms with Crippen molar-refractivity contribution in [3.8, 4) is 0 Å². The van der Waals surface area contributed by atoms with Crippen LogP contribution in [0.3, 0.4) is 0 Å². The second-order valence-corrected chi connectivity index (χ2v) is 5.58. The first-order valence-electron chi connectivity index (χ1n) is 6.14. The molecule has 8 heteroatoms. The van der Waals surface area contributed by atoms with Gasteiger partial charge in [0.25, 0.3) is 0 Å². The van der Waals surface area contributed by atoms with E-state index < -0.39 is 17.5 Å². The average Bonchev–Trinajstić information content (AvgIpc) is 2.76. The zero-order valence-electron chi connectivity index (χ0n) is 10.8. The summed E-state index contributed by atoms with van der Waals surface area (Å²) >= 11 is -0.207. The highest BCUT2D eigenvalue weighted by Gasteiger charge is 2.29. The molecule has 1 amide bonds. The third-order valence-electron chi connectivity index (χ3n) is 2.79. The summed E-state index contributed by atoms with van der Waals surface area (Å²) < 4.78 is 41.2. The van der Waals surface area contributed by atoms with Crippen LogP contribution in [-0.4, -0.2) is 30.0 Å². The fourth-order valence-electron chi connectivity index (χ4n) is 1.87. The number of hydrogen-bond acceptors (Lipinski definition) is 4. The van der Waals surface area contributed by atoms with Gasteiger partial charge in [-0.25, -0.2) is 4.79 Å². The van der Waals surface area contributed by atoms with Crippen molar-refractivity contribution in [3.63, 3.8) is 0 Å². The summed E-state index contributed by atoms with van der Waals surface area (Å²) in [7, 11) is 0. The van der Waals surface area contributed by atoms with Crippen LogP contribution in [-0.2, 0) is 20.7 Å². The van der Waals surface area contributed by atoms with E-state index in [1.807, 2.05) is 0 Å². The van der Waals surface area contributed by atoms with Gasteiger partial charge in [-0.15, -0.1) is 0 Å². The molecule has 1 atom stereocenters. The molecule has 0 spiro atoms. The molecule has 0 unspecified atom stereocenters. The number of nitrogens with one attached hydrogen (secondary N) is 1. The van der Waals surface area contributed by atoms with Gasteiger partial charge in [-0.3, -0.25) is 4.79 Å². The lowest BCUT2D eigenvalue weighted by Crippen LogP contribution is -2.38. The van der Waals surface area contributed by atoms with Crippen molar-refractivity contribution in [1.82, 2.24) is 5.32 Å². The molecular weight excluding hydrogens is 307 g/mol. The molecule has 1 aromatic carbocycles. The number of carbonyl (C=O) groups is 2. The van der Waals surface area contributed by atoms with Gasteiger partial charge < -0.3 is 10.1 Å². The van der Waals surface area contributed by atoms with Gasteiger partial charge in [-0.05, 0) is 29.5 Å². The number of amides is 1. The fraction of sp³-hybridized carbons (Fsp3) is 0.385. The minimum absolute atomic E-state index is 0.000739. The minimum Gasteiger partial charge on any atom is -0.464 e. The van der Waals surface area contributed by atoms with E-state index in [2.05, 4.69) is 5.32 Å². The molecule has 114 valence electrons. The molecular formula is C13H12F3NO3S. The maximum absolute atomic E-state index is 12.2. The number of benzene rings is 1. The molecule has 0 aliphatic carbocycles. The SMILES string of the molecule is O=C(Cc1ccc(SC(F)(F)F)cc1)N[C@@H]1CCOC1=O. The maximum Gasteiger partial charge on any atom is 0.446 e. The van der Waals surface area contributed by atoms with Crippen molar-refractivity contribution >= 4 is 23.6 Å². The molecule has 21 heavy (non-hydrogen) atoms. The van der Waals surface area contributed by atoms with Gasteiger partial charge in [-0.2, -0.15) is 13.2 Å². The molecule has 0 radical (unpaired) electrons. The van der Waals surface area contributed by atoms with E-state index in [0.29, 0.717) is 12.0 Å². The Kier molecular flexibility index (Phi) is 4.76. The van der Waals surface area contributed by atoms with Crippen LogP contribution in [0.1, 0.15) is 12.0 Å². The van der Waals surface area contributed by atoms with E-state index in [0.717, 1.165) is 0 Å². The van der Waals surface area contributed by atoms with Crippen LogP contribution in [0.25, 0.3) is 0 Å². The quantitative estimate of drug-likeness (QED) is 0.683. The Balaban J connectivity index is 1.88. The van der Waals surface area contributed by atoms with Gasteiger partial charge in [0.1, 0.15) is 6.04 Å². The van der Waals surface area contributed by atoms with Crippen molar-refractivity contribution in [2.75, 3.05) is 6.61 Å². The predicted octanol–water partition coefficient (Wildman–Crippen LogP) is 2.27. The van der Waals surface area contributed by atoms with Crippen molar-refractivity contribution in [2.24, 2.45) is 0 Å². The predicted molar refractivity (Wildman–Crippen MR) is 69.6 cm³/mol. The van der Waals surface area contributed by atoms with Crippen LogP contribution >= 0.6 is 11.8 Å². The van der Waals surface area contributed by atoms with Crippen molar-refractivity contribution in [1.29, 1.82) is 0 Å². The normalized spacial score (nSPS) is 18.4. The van der Waals surface area contributed by atoms with Gasteiger partial charge in [0.05, 0.1) is 13.0 Å². The molecule has 1 aliphatic heterocycles. The topological polar surface area (TPSA) is 55.4 Å². The number of cyclic esters (lactones) is 1. The number of carbonyl (C=O) groups excluding carboxylic acids is 2. The van der Waals surface area contributed by atoms with Crippen LogP contribution in [0.5, 0.6) is 0 Å². The molecule has 2 rings (SSSR count). The second-order valence-electron chi connectivity index (χ2n) is 4.44. The molecule has 1 aliphatic rings. The molecule has 1 heterocycles. The summed E-state index contributed by atoms with van der Waals surface area (Å²) in [6, 6.07) is 4.91. The van der Waals surface area contributed by atoms with Gasteiger partial charge in [0, 0.05) is 11.3 Å². The molecule has 0 bridgehead atoms. The zero-order chi connectivity index (χ0) is 15.5. The second kappa shape index (κ2) is 6.38. The number of thioether (sulfide) groups is 1. The Morgan fingerprint density at radius 1 is 1.33 bits per heavy atom. The van der Waals surface area contributed by atoms with Gasteiger partial charge in [-0.1, -0.05) is 12.1 Å². The summed E-state index contributed by atoms with van der Waals surface area (Å²) in [5, 5.41) is 2.53. The van der Waals surface area contributed by atoms with Gasteiger partial charge >= 0.3 is 11.5 Å².